The van der Waals surface area contributed by atoms with Crippen molar-refractivity contribution in [1.82, 2.24) is 0 Å². The van der Waals surface area contributed by atoms with Crippen molar-refractivity contribution in [2.24, 2.45) is 34.0 Å². The number of esters is 2. The molecule has 3 saturated carbocycles. The molecule has 162 valence electrons. The van der Waals surface area contributed by atoms with Crippen LogP contribution in [0.15, 0.2) is 12.2 Å². The number of Topliss-reactive ketones (excluding diaryl/α,β-unsaturated/α-hetero) is 2. The predicted octanol–water partition coefficient (Wildman–Crippen LogP) is 2.21. The topological polar surface area (TPSA) is 104 Å². The van der Waals surface area contributed by atoms with Crippen LogP contribution in [0.4, 0.5) is 0 Å². The summed E-state index contributed by atoms with van der Waals surface area (Å²) in [6.45, 7) is 9.17. The van der Waals surface area contributed by atoms with Gasteiger partial charge in [0.2, 0.25) is 0 Å². The molecule has 0 aromatic rings. The molecule has 0 N–H and O–H groups in total. The zero-order valence-corrected chi connectivity index (χ0v) is 17.7. The van der Waals surface area contributed by atoms with Crippen molar-refractivity contribution >= 4 is 29.8 Å². The van der Waals surface area contributed by atoms with Gasteiger partial charge >= 0.3 is 11.9 Å². The number of hydrogen-bond donors (Lipinski definition) is 0. The van der Waals surface area contributed by atoms with Gasteiger partial charge in [0.25, 0.3) is 0 Å². The van der Waals surface area contributed by atoms with Crippen LogP contribution in [0.3, 0.4) is 0 Å². The van der Waals surface area contributed by atoms with Gasteiger partial charge in [0, 0.05) is 30.6 Å². The monoisotopic (exact) mass is 416 g/mol. The largest absolute Gasteiger partial charge is 0.464 e. The van der Waals surface area contributed by atoms with Crippen LogP contribution in [0, 0.1) is 34.0 Å². The van der Waals surface area contributed by atoms with Crippen LogP contribution >= 0.6 is 0 Å². The molecule has 2 bridgehead atoms. The zero-order valence-electron chi connectivity index (χ0n) is 17.7. The number of fused-ring (bicyclic) bond motifs is 2. The number of hydrogen-bond acceptors (Lipinski definition) is 7. The molecule has 4 fully saturated rings. The van der Waals surface area contributed by atoms with E-state index in [-0.39, 0.29) is 30.8 Å². The van der Waals surface area contributed by atoms with E-state index in [4.69, 9.17) is 9.47 Å². The summed E-state index contributed by atoms with van der Waals surface area (Å²) in [5.41, 5.74) is -3.34. The van der Waals surface area contributed by atoms with E-state index in [9.17, 15) is 24.0 Å². The fourth-order valence-electron chi connectivity index (χ4n) is 6.72. The summed E-state index contributed by atoms with van der Waals surface area (Å²) in [5.74, 6) is -3.89. The number of cyclic esters (lactones) is 1. The molecule has 7 nitrogen and oxygen atoms in total. The molecule has 1 saturated heterocycles. The van der Waals surface area contributed by atoms with Crippen molar-refractivity contribution < 1.29 is 33.4 Å². The highest BCUT2D eigenvalue weighted by molar-refractivity contribution is 6.17. The average Bonchev–Trinajstić information content (AvgIpc) is 2.82. The molecule has 0 amide bonds. The fraction of sp³-hybridized carbons (Fsp3) is 0.696. The van der Waals surface area contributed by atoms with Crippen molar-refractivity contribution in [3.8, 4) is 0 Å². The van der Waals surface area contributed by atoms with Crippen molar-refractivity contribution in [2.75, 3.05) is 6.61 Å². The highest BCUT2D eigenvalue weighted by Gasteiger charge is 2.78. The first-order chi connectivity index (χ1) is 14.1. The van der Waals surface area contributed by atoms with Crippen molar-refractivity contribution in [3.05, 3.63) is 12.2 Å². The minimum Gasteiger partial charge on any atom is -0.464 e. The summed E-state index contributed by atoms with van der Waals surface area (Å²) in [5, 5.41) is 0. The normalized spacial score (nSPS) is 42.0. The maximum Gasteiger partial charge on any atom is 0.324 e. The Morgan fingerprint density at radius 3 is 2.60 bits per heavy atom. The summed E-state index contributed by atoms with van der Waals surface area (Å²) in [4.78, 5) is 64.8. The van der Waals surface area contributed by atoms with Crippen LogP contribution in [-0.4, -0.2) is 42.5 Å². The lowest BCUT2D eigenvalue weighted by atomic mass is 9.44. The molecule has 4 rings (SSSR count). The maximum atomic E-state index is 13.5. The summed E-state index contributed by atoms with van der Waals surface area (Å²) < 4.78 is 11.2. The Kier molecular flexibility index (Phi) is 4.60. The quantitative estimate of drug-likeness (QED) is 0.301. The number of ether oxygens (including phenoxy) is 2. The molecule has 3 aliphatic carbocycles. The molecular formula is C23H28O7. The molecule has 0 aromatic carbocycles. The van der Waals surface area contributed by atoms with Gasteiger partial charge < -0.3 is 14.3 Å². The lowest BCUT2D eigenvalue weighted by Gasteiger charge is -2.59. The SMILES string of the molecule is C=C1C(=O)[C@@]23C(=O)OC[C@]4(C(=O)CCC(C)(C)[C@H]4C=O)[C@@H]2CC[C@@H]1[C@H]3OC(=O)CC. The second-order valence-corrected chi connectivity index (χ2v) is 9.87. The highest BCUT2D eigenvalue weighted by Crippen LogP contribution is 2.67. The van der Waals surface area contributed by atoms with E-state index in [2.05, 4.69) is 6.58 Å². The minimum atomic E-state index is -1.80. The van der Waals surface area contributed by atoms with E-state index in [1.54, 1.807) is 6.92 Å². The molecular weight excluding hydrogens is 388 g/mol. The van der Waals surface area contributed by atoms with Gasteiger partial charge in [0.1, 0.15) is 24.8 Å². The third-order valence-electron chi connectivity index (χ3n) is 8.24. The fourth-order valence-corrected chi connectivity index (χ4v) is 6.72. The predicted molar refractivity (Wildman–Crippen MR) is 104 cm³/mol. The summed E-state index contributed by atoms with van der Waals surface area (Å²) >= 11 is 0. The first-order valence-corrected chi connectivity index (χ1v) is 10.7. The van der Waals surface area contributed by atoms with E-state index in [0.29, 0.717) is 19.3 Å². The second-order valence-electron chi connectivity index (χ2n) is 9.87. The van der Waals surface area contributed by atoms with Crippen molar-refractivity contribution in [2.45, 2.75) is 59.0 Å². The molecule has 0 radical (unpaired) electrons. The maximum absolute atomic E-state index is 13.5. The summed E-state index contributed by atoms with van der Waals surface area (Å²) in [6.07, 6.45) is 1.50. The van der Waals surface area contributed by atoms with Gasteiger partial charge in [-0.3, -0.25) is 19.2 Å². The third kappa shape index (κ3) is 2.29. The Morgan fingerprint density at radius 2 is 1.97 bits per heavy atom. The summed E-state index contributed by atoms with van der Waals surface area (Å²) in [6, 6.07) is 0. The van der Waals surface area contributed by atoms with Gasteiger partial charge in [-0.15, -0.1) is 0 Å². The second kappa shape index (κ2) is 6.59. The standard InChI is InChI=1S/C23H28O7/c1-5-17(26)30-19-13-6-7-14-22(15(10-24)21(3,4)9-8-16(22)25)11-29-20(28)23(14,19)18(27)12(13)2/h10,13-15,19H,2,5-9,11H2,1,3-4H3/t13-,14-,15+,19+,22-,23-/m0/s1. The first-order valence-electron chi connectivity index (χ1n) is 10.7. The van der Waals surface area contributed by atoms with E-state index < -0.39 is 57.8 Å². The van der Waals surface area contributed by atoms with Gasteiger partial charge in [-0.25, -0.2) is 0 Å². The Balaban J connectivity index is 1.94. The Labute approximate surface area is 175 Å². The summed E-state index contributed by atoms with van der Waals surface area (Å²) in [7, 11) is 0. The van der Waals surface area contributed by atoms with Gasteiger partial charge in [-0.1, -0.05) is 27.4 Å². The van der Waals surface area contributed by atoms with Gasteiger partial charge in [0.05, 0.1) is 5.41 Å². The number of rotatable bonds is 3. The van der Waals surface area contributed by atoms with Crippen LogP contribution in [0.25, 0.3) is 0 Å². The molecule has 30 heavy (non-hydrogen) atoms. The molecule has 1 aliphatic heterocycles. The Hall–Kier alpha value is -2.31. The Bertz CT molecular complexity index is 871. The van der Waals surface area contributed by atoms with E-state index in [0.717, 1.165) is 6.29 Å². The third-order valence-corrected chi connectivity index (χ3v) is 8.24. The Morgan fingerprint density at radius 1 is 1.27 bits per heavy atom. The average molecular weight is 416 g/mol. The van der Waals surface area contributed by atoms with E-state index in [1.807, 2.05) is 13.8 Å². The smallest absolute Gasteiger partial charge is 0.324 e. The van der Waals surface area contributed by atoms with Crippen molar-refractivity contribution in [1.29, 1.82) is 0 Å². The molecule has 6 atom stereocenters. The first kappa shape index (κ1) is 20.9. The van der Waals surface area contributed by atoms with Gasteiger partial charge in [-0.05, 0) is 30.3 Å². The van der Waals surface area contributed by atoms with Crippen LogP contribution in [0.1, 0.15) is 52.9 Å². The van der Waals surface area contributed by atoms with Gasteiger partial charge in [-0.2, -0.15) is 0 Å². The highest BCUT2D eigenvalue weighted by atomic mass is 16.6. The van der Waals surface area contributed by atoms with Crippen LogP contribution in [-0.2, 0) is 33.4 Å². The number of ketones is 2. The minimum absolute atomic E-state index is 0.0910. The van der Waals surface area contributed by atoms with Crippen LogP contribution in [0.5, 0.6) is 0 Å². The molecule has 1 heterocycles. The van der Waals surface area contributed by atoms with Crippen LogP contribution < -0.4 is 0 Å². The van der Waals surface area contributed by atoms with Crippen LogP contribution in [0.2, 0.25) is 0 Å². The number of carbonyl (C=O) groups is 5. The number of aldehydes is 1. The number of carbonyl (C=O) groups excluding carboxylic acids is 5. The van der Waals surface area contributed by atoms with E-state index >= 15 is 0 Å². The molecule has 7 heteroatoms. The lowest BCUT2D eigenvalue weighted by molar-refractivity contribution is -0.224. The molecule has 2 spiro atoms. The van der Waals surface area contributed by atoms with Crippen molar-refractivity contribution in [3.63, 3.8) is 0 Å². The van der Waals surface area contributed by atoms with E-state index in [1.165, 1.54) is 0 Å². The molecule has 0 aromatic heterocycles. The lowest BCUT2D eigenvalue weighted by Crippen LogP contribution is -2.70. The molecule has 0 unspecified atom stereocenters. The van der Waals surface area contributed by atoms with Gasteiger partial charge in [0.15, 0.2) is 11.2 Å². The zero-order chi connectivity index (χ0) is 22.1. The molecule has 4 aliphatic rings.